The van der Waals surface area contributed by atoms with Gasteiger partial charge in [0.2, 0.25) is 0 Å². The molecule has 1 aliphatic rings. The highest BCUT2D eigenvalue weighted by molar-refractivity contribution is 6.00. The number of carboxylic acid groups (broad SMARTS) is 1. The van der Waals surface area contributed by atoms with Crippen molar-refractivity contribution < 1.29 is 33.1 Å². The summed E-state index contributed by atoms with van der Waals surface area (Å²) in [4.78, 5) is 54.9. The number of hydrogen-bond donors (Lipinski definition) is 3. The Labute approximate surface area is 235 Å². The largest absolute Gasteiger partial charge is 0.481 e. The van der Waals surface area contributed by atoms with Crippen molar-refractivity contribution >= 4 is 29.5 Å². The van der Waals surface area contributed by atoms with Crippen molar-refractivity contribution in [3.63, 3.8) is 0 Å². The lowest BCUT2D eigenvalue weighted by Crippen LogP contribution is -2.64. The van der Waals surface area contributed by atoms with Gasteiger partial charge in [0, 0.05) is 24.3 Å². The second-order valence-corrected chi connectivity index (χ2v) is 9.92. The molecule has 1 saturated heterocycles. The van der Waals surface area contributed by atoms with Crippen molar-refractivity contribution in [3.05, 3.63) is 101 Å². The molecule has 0 aromatic heterocycles. The fourth-order valence-corrected chi connectivity index (χ4v) is 4.81. The number of amides is 4. The fourth-order valence-electron chi connectivity index (χ4n) is 4.81. The molecule has 0 radical (unpaired) electrons. The molecule has 11 heteroatoms. The second-order valence-electron chi connectivity index (χ2n) is 9.92. The van der Waals surface area contributed by atoms with Crippen molar-refractivity contribution in [2.24, 2.45) is 0 Å². The van der Waals surface area contributed by atoms with Gasteiger partial charge < -0.3 is 20.6 Å². The number of hydrogen-bond acceptors (Lipinski definition) is 4. The van der Waals surface area contributed by atoms with E-state index in [0.717, 1.165) is 34.2 Å². The number of carboxylic acids is 1. The van der Waals surface area contributed by atoms with Crippen LogP contribution in [0.2, 0.25) is 0 Å². The maximum absolute atomic E-state index is 14.0. The number of nitrogens with one attached hydrogen (secondary N) is 2. The average Bonchev–Trinajstić information content (AvgIpc) is 2.93. The van der Waals surface area contributed by atoms with Crippen LogP contribution in [0.25, 0.3) is 0 Å². The van der Waals surface area contributed by atoms with Gasteiger partial charge in [-0.15, -0.1) is 0 Å². The number of halogens is 2. The van der Waals surface area contributed by atoms with Crippen molar-refractivity contribution in [2.45, 2.75) is 38.9 Å². The molecule has 4 amide bonds. The summed E-state index contributed by atoms with van der Waals surface area (Å²) in [7, 11) is 0. The molecule has 4 rings (SSSR count). The standard InChI is InChI=1S/C30H30F2N4O5/c1-18-6-3-8-20(14-18)25(17-26(37)38)34-27(39)28-35(29(40)21-10-11-23(31)24(32)16-21)12-5-13-36(28)30(41)33-22-9-4-7-19(2)15-22/h3-4,6-11,14-16,25,28H,5,12-13,17H2,1-2H3,(H,33,41)(H,34,39)(H,37,38). The maximum atomic E-state index is 14.0. The van der Waals surface area contributed by atoms with Gasteiger partial charge in [-0.3, -0.25) is 19.3 Å². The molecular formula is C30H30F2N4O5. The number of carbonyl (C=O) groups excluding carboxylic acids is 3. The zero-order valence-corrected chi connectivity index (χ0v) is 22.6. The van der Waals surface area contributed by atoms with Crippen molar-refractivity contribution in [1.29, 1.82) is 0 Å². The van der Waals surface area contributed by atoms with Gasteiger partial charge in [0.15, 0.2) is 17.8 Å². The van der Waals surface area contributed by atoms with E-state index in [-0.39, 0.29) is 18.7 Å². The third-order valence-corrected chi connectivity index (χ3v) is 6.72. The van der Waals surface area contributed by atoms with E-state index >= 15 is 0 Å². The van der Waals surface area contributed by atoms with Crippen LogP contribution in [0.15, 0.2) is 66.7 Å². The highest BCUT2D eigenvalue weighted by Crippen LogP contribution is 2.24. The molecule has 2 atom stereocenters. The van der Waals surface area contributed by atoms with Crippen LogP contribution < -0.4 is 10.6 Å². The number of benzene rings is 3. The molecule has 3 aromatic carbocycles. The van der Waals surface area contributed by atoms with Crippen molar-refractivity contribution in [2.75, 3.05) is 18.4 Å². The molecule has 3 N–H and O–H groups in total. The Morgan fingerprint density at radius 2 is 1.59 bits per heavy atom. The van der Waals surface area contributed by atoms with E-state index < -0.39 is 54.1 Å². The maximum Gasteiger partial charge on any atom is 0.323 e. The molecule has 1 heterocycles. The van der Waals surface area contributed by atoms with Gasteiger partial charge in [0.1, 0.15) is 0 Å². The summed E-state index contributed by atoms with van der Waals surface area (Å²) < 4.78 is 27.6. The second kappa shape index (κ2) is 12.6. The van der Waals surface area contributed by atoms with Crippen molar-refractivity contribution in [1.82, 2.24) is 15.1 Å². The number of aliphatic carboxylic acids is 1. The lowest BCUT2D eigenvalue weighted by Gasteiger charge is -2.43. The van der Waals surface area contributed by atoms with E-state index in [4.69, 9.17) is 0 Å². The Hall–Kier alpha value is -4.80. The minimum Gasteiger partial charge on any atom is -0.481 e. The summed E-state index contributed by atoms with van der Waals surface area (Å²) >= 11 is 0. The van der Waals surface area contributed by atoms with E-state index in [1.807, 2.05) is 26.0 Å². The number of nitrogens with zero attached hydrogens (tertiary/aromatic N) is 2. The van der Waals surface area contributed by atoms with E-state index in [9.17, 15) is 33.1 Å². The lowest BCUT2D eigenvalue weighted by atomic mass is 10.0. The average molecular weight is 565 g/mol. The van der Waals surface area contributed by atoms with Gasteiger partial charge >= 0.3 is 12.0 Å². The zero-order chi connectivity index (χ0) is 29.7. The summed E-state index contributed by atoms with van der Waals surface area (Å²) in [5, 5.41) is 15.0. The summed E-state index contributed by atoms with van der Waals surface area (Å²) in [6, 6.07) is 15.0. The van der Waals surface area contributed by atoms with Gasteiger partial charge in [0.05, 0.1) is 12.5 Å². The van der Waals surface area contributed by atoms with Crippen LogP contribution in [-0.4, -0.2) is 58.0 Å². The van der Waals surface area contributed by atoms with E-state index in [2.05, 4.69) is 10.6 Å². The number of anilines is 1. The normalized spacial score (nSPS) is 15.7. The lowest BCUT2D eigenvalue weighted by molar-refractivity contribution is -0.138. The first-order chi connectivity index (χ1) is 19.5. The zero-order valence-electron chi connectivity index (χ0n) is 22.6. The summed E-state index contributed by atoms with van der Waals surface area (Å²) in [5.74, 6) is -5.12. The van der Waals surface area contributed by atoms with E-state index in [0.29, 0.717) is 17.7 Å². The molecule has 1 fully saturated rings. The van der Waals surface area contributed by atoms with Gasteiger partial charge in [-0.2, -0.15) is 0 Å². The summed E-state index contributed by atoms with van der Waals surface area (Å²) in [6.07, 6.45) is -1.65. The quantitative estimate of drug-likeness (QED) is 0.387. The topological polar surface area (TPSA) is 119 Å². The monoisotopic (exact) mass is 564 g/mol. The Morgan fingerprint density at radius 3 is 2.24 bits per heavy atom. The number of aryl methyl sites for hydroxylation is 2. The third-order valence-electron chi connectivity index (χ3n) is 6.72. The Balaban J connectivity index is 1.70. The van der Waals surface area contributed by atoms with Crippen LogP contribution >= 0.6 is 0 Å². The molecule has 41 heavy (non-hydrogen) atoms. The van der Waals surface area contributed by atoms with Crippen LogP contribution in [0.4, 0.5) is 19.3 Å². The van der Waals surface area contributed by atoms with Crippen LogP contribution in [-0.2, 0) is 9.59 Å². The first-order valence-corrected chi connectivity index (χ1v) is 13.0. The van der Waals surface area contributed by atoms with Crippen LogP contribution in [0.5, 0.6) is 0 Å². The van der Waals surface area contributed by atoms with E-state index in [1.54, 1.807) is 36.4 Å². The van der Waals surface area contributed by atoms with E-state index in [1.165, 1.54) is 4.90 Å². The molecule has 0 bridgehead atoms. The SMILES string of the molecule is Cc1cccc(NC(=O)N2CCCN(C(=O)c3ccc(F)c(F)c3)C2C(=O)NC(CC(=O)O)c2cccc(C)c2)c1. The Bertz CT molecular complexity index is 1480. The first-order valence-electron chi connectivity index (χ1n) is 13.0. The van der Waals surface area contributed by atoms with Gasteiger partial charge in [-0.1, -0.05) is 42.0 Å². The predicted molar refractivity (Wildman–Crippen MR) is 147 cm³/mol. The third kappa shape index (κ3) is 7.05. The molecule has 9 nitrogen and oxygen atoms in total. The van der Waals surface area contributed by atoms with Crippen LogP contribution in [0.1, 0.15) is 45.9 Å². The highest BCUT2D eigenvalue weighted by Gasteiger charge is 2.41. The van der Waals surface area contributed by atoms with Crippen LogP contribution in [0.3, 0.4) is 0 Å². The molecule has 2 unspecified atom stereocenters. The number of carbonyl (C=O) groups is 4. The van der Waals surface area contributed by atoms with Crippen LogP contribution in [0, 0.1) is 25.5 Å². The smallest absolute Gasteiger partial charge is 0.323 e. The molecule has 3 aromatic rings. The summed E-state index contributed by atoms with van der Waals surface area (Å²) in [5.41, 5.74) is 2.54. The molecule has 214 valence electrons. The molecule has 0 saturated carbocycles. The Morgan fingerprint density at radius 1 is 0.902 bits per heavy atom. The summed E-state index contributed by atoms with van der Waals surface area (Å²) in [6.45, 7) is 3.82. The number of rotatable bonds is 7. The molecule has 1 aliphatic heterocycles. The first kappa shape index (κ1) is 29.2. The van der Waals surface area contributed by atoms with Gasteiger partial charge in [0.25, 0.3) is 11.8 Å². The minimum atomic E-state index is -1.50. The number of urea groups is 1. The fraction of sp³-hybridized carbons (Fsp3) is 0.267. The Kier molecular flexibility index (Phi) is 8.96. The molecule has 0 aliphatic carbocycles. The minimum absolute atomic E-state index is 0.0399. The van der Waals surface area contributed by atoms with Gasteiger partial charge in [-0.05, 0) is 61.7 Å². The molecule has 0 spiro atoms. The van der Waals surface area contributed by atoms with Crippen molar-refractivity contribution in [3.8, 4) is 0 Å². The van der Waals surface area contributed by atoms with Gasteiger partial charge in [-0.25, -0.2) is 13.6 Å². The molecular weight excluding hydrogens is 534 g/mol. The predicted octanol–water partition coefficient (Wildman–Crippen LogP) is 4.62. The highest BCUT2D eigenvalue weighted by atomic mass is 19.2.